The lowest BCUT2D eigenvalue weighted by Gasteiger charge is -2.07. The van der Waals surface area contributed by atoms with Crippen LogP contribution in [0.5, 0.6) is 0 Å². The molecular weight excluding hydrogens is 262 g/mol. The predicted molar refractivity (Wildman–Crippen MR) is 74.1 cm³/mol. The maximum Gasteiger partial charge on any atom is 0.234 e. The van der Waals surface area contributed by atoms with Gasteiger partial charge in [-0.2, -0.15) is 0 Å². The van der Waals surface area contributed by atoms with Crippen LogP contribution >= 0.6 is 11.8 Å². The molecule has 1 aromatic heterocycles. The third kappa shape index (κ3) is 3.54. The van der Waals surface area contributed by atoms with Gasteiger partial charge < -0.3 is 5.32 Å². The van der Waals surface area contributed by atoms with E-state index in [1.165, 1.54) is 22.0 Å². The highest BCUT2D eigenvalue weighted by Crippen LogP contribution is 2.16. The van der Waals surface area contributed by atoms with Crippen molar-refractivity contribution in [1.82, 2.24) is 20.2 Å². The first-order valence-corrected chi connectivity index (χ1v) is 6.77. The second kappa shape index (κ2) is 5.83. The van der Waals surface area contributed by atoms with Crippen LogP contribution in [0.2, 0.25) is 0 Å². The number of tetrazole rings is 1. The molecule has 0 aliphatic carbocycles. The predicted octanol–water partition coefficient (Wildman–Crippen LogP) is 1.56. The lowest BCUT2D eigenvalue weighted by Crippen LogP contribution is -2.14. The molecule has 1 amide bonds. The second-order valence-electron chi connectivity index (χ2n) is 4.22. The van der Waals surface area contributed by atoms with Crippen molar-refractivity contribution in [3.05, 3.63) is 29.3 Å². The Balaban J connectivity index is 1.91. The third-order valence-corrected chi connectivity index (χ3v) is 3.71. The van der Waals surface area contributed by atoms with Crippen LogP contribution in [-0.4, -0.2) is 31.9 Å². The molecule has 0 fully saturated rings. The molecule has 2 rings (SSSR count). The molecule has 0 unspecified atom stereocenters. The van der Waals surface area contributed by atoms with E-state index in [0.717, 1.165) is 11.3 Å². The number of nitrogens with one attached hydrogen (secondary N) is 1. The topological polar surface area (TPSA) is 72.7 Å². The largest absolute Gasteiger partial charge is 0.325 e. The number of aromatic nitrogens is 4. The standard InChI is InChI=1S/C12H15N5OS/c1-8-4-5-10(6-9(8)2)13-11(18)7-19-12-14-15-16-17(12)3/h4-6H,7H2,1-3H3,(H,13,18). The van der Waals surface area contributed by atoms with Crippen LogP contribution < -0.4 is 5.32 Å². The van der Waals surface area contributed by atoms with Crippen LogP contribution in [0.3, 0.4) is 0 Å². The maximum absolute atomic E-state index is 11.8. The molecule has 0 saturated carbocycles. The SMILES string of the molecule is Cc1ccc(NC(=O)CSc2nnnn2C)cc1C. The van der Waals surface area contributed by atoms with Crippen LogP contribution in [0.25, 0.3) is 0 Å². The zero-order valence-corrected chi connectivity index (χ0v) is 11.9. The van der Waals surface area contributed by atoms with E-state index in [1.54, 1.807) is 7.05 Å². The van der Waals surface area contributed by atoms with E-state index in [1.807, 2.05) is 32.0 Å². The van der Waals surface area contributed by atoms with Crippen LogP contribution in [0.4, 0.5) is 5.69 Å². The number of carbonyl (C=O) groups is 1. The number of benzene rings is 1. The number of hydrogen-bond donors (Lipinski definition) is 1. The van der Waals surface area contributed by atoms with Crippen molar-refractivity contribution in [3.8, 4) is 0 Å². The summed E-state index contributed by atoms with van der Waals surface area (Å²) in [5, 5.41) is 14.5. The molecule has 2 aromatic rings. The monoisotopic (exact) mass is 277 g/mol. The van der Waals surface area contributed by atoms with Gasteiger partial charge in [0.1, 0.15) is 0 Å². The van der Waals surface area contributed by atoms with E-state index in [-0.39, 0.29) is 11.7 Å². The molecule has 0 aliphatic rings. The fraction of sp³-hybridized carbons (Fsp3) is 0.333. The Hall–Kier alpha value is -1.89. The molecule has 1 heterocycles. The lowest BCUT2D eigenvalue weighted by molar-refractivity contribution is -0.113. The van der Waals surface area contributed by atoms with Gasteiger partial charge in [0.25, 0.3) is 0 Å². The molecule has 0 spiro atoms. The highest BCUT2D eigenvalue weighted by molar-refractivity contribution is 7.99. The number of amides is 1. The maximum atomic E-state index is 11.8. The van der Waals surface area contributed by atoms with Gasteiger partial charge >= 0.3 is 0 Å². The van der Waals surface area contributed by atoms with Crippen molar-refractivity contribution in [2.75, 3.05) is 11.1 Å². The number of nitrogens with zero attached hydrogens (tertiary/aromatic N) is 4. The van der Waals surface area contributed by atoms with E-state index in [9.17, 15) is 4.79 Å². The highest BCUT2D eigenvalue weighted by atomic mass is 32.2. The molecule has 19 heavy (non-hydrogen) atoms. The average molecular weight is 277 g/mol. The number of aryl methyl sites for hydroxylation is 3. The van der Waals surface area contributed by atoms with Gasteiger partial charge in [-0.25, -0.2) is 4.68 Å². The summed E-state index contributed by atoms with van der Waals surface area (Å²) in [6, 6.07) is 5.85. The molecular formula is C12H15N5OS. The third-order valence-electron chi connectivity index (χ3n) is 2.70. The van der Waals surface area contributed by atoms with Crippen molar-refractivity contribution in [1.29, 1.82) is 0 Å². The van der Waals surface area contributed by atoms with Crippen molar-refractivity contribution in [3.63, 3.8) is 0 Å². The quantitative estimate of drug-likeness (QED) is 0.859. The van der Waals surface area contributed by atoms with E-state index >= 15 is 0 Å². The summed E-state index contributed by atoms with van der Waals surface area (Å²) < 4.78 is 1.54. The zero-order valence-electron chi connectivity index (χ0n) is 11.0. The minimum atomic E-state index is -0.0729. The smallest absolute Gasteiger partial charge is 0.234 e. The summed E-state index contributed by atoms with van der Waals surface area (Å²) in [5.74, 6) is 0.206. The van der Waals surface area contributed by atoms with Crippen LogP contribution in [0.1, 0.15) is 11.1 Å². The molecule has 1 aromatic carbocycles. The van der Waals surface area contributed by atoms with Gasteiger partial charge in [-0.1, -0.05) is 17.8 Å². The minimum absolute atomic E-state index is 0.0729. The van der Waals surface area contributed by atoms with Gasteiger partial charge in [-0.15, -0.1) is 5.10 Å². The van der Waals surface area contributed by atoms with Crippen LogP contribution in [0.15, 0.2) is 23.4 Å². The average Bonchev–Trinajstić information content (AvgIpc) is 2.77. The van der Waals surface area contributed by atoms with Crippen molar-refractivity contribution < 1.29 is 4.79 Å². The molecule has 6 nitrogen and oxygen atoms in total. The first kappa shape index (κ1) is 13.5. The Labute approximate surface area is 115 Å². The first-order valence-electron chi connectivity index (χ1n) is 5.78. The van der Waals surface area contributed by atoms with Gasteiger partial charge in [0.2, 0.25) is 11.1 Å². The van der Waals surface area contributed by atoms with E-state index in [2.05, 4.69) is 20.8 Å². The Morgan fingerprint density at radius 1 is 1.37 bits per heavy atom. The van der Waals surface area contributed by atoms with Crippen LogP contribution in [-0.2, 0) is 11.8 Å². The van der Waals surface area contributed by atoms with Gasteiger partial charge in [0.15, 0.2) is 0 Å². The van der Waals surface area contributed by atoms with Gasteiger partial charge in [-0.05, 0) is 47.5 Å². The molecule has 0 atom stereocenters. The summed E-state index contributed by atoms with van der Waals surface area (Å²) in [6.45, 7) is 4.06. The fourth-order valence-electron chi connectivity index (χ4n) is 1.49. The van der Waals surface area contributed by atoms with E-state index in [0.29, 0.717) is 5.16 Å². The van der Waals surface area contributed by atoms with Crippen molar-refractivity contribution in [2.24, 2.45) is 7.05 Å². The zero-order chi connectivity index (χ0) is 13.8. The number of rotatable bonds is 4. The lowest BCUT2D eigenvalue weighted by atomic mass is 10.1. The Kier molecular flexibility index (Phi) is 4.16. The van der Waals surface area contributed by atoms with Gasteiger partial charge in [0, 0.05) is 12.7 Å². The van der Waals surface area contributed by atoms with Crippen molar-refractivity contribution in [2.45, 2.75) is 19.0 Å². The summed E-state index contributed by atoms with van der Waals surface area (Å²) in [6.07, 6.45) is 0. The highest BCUT2D eigenvalue weighted by Gasteiger charge is 2.08. The number of carbonyl (C=O) groups excluding carboxylic acids is 1. The van der Waals surface area contributed by atoms with Crippen molar-refractivity contribution >= 4 is 23.4 Å². The summed E-state index contributed by atoms with van der Waals surface area (Å²) in [7, 11) is 1.74. The summed E-state index contributed by atoms with van der Waals surface area (Å²) >= 11 is 1.30. The number of thioether (sulfide) groups is 1. The minimum Gasteiger partial charge on any atom is -0.325 e. The summed E-state index contributed by atoms with van der Waals surface area (Å²) in [4.78, 5) is 11.8. The first-order chi connectivity index (χ1) is 9.06. The molecule has 0 aliphatic heterocycles. The number of anilines is 1. The Morgan fingerprint density at radius 3 is 2.79 bits per heavy atom. The fourth-order valence-corrected chi connectivity index (χ4v) is 2.14. The molecule has 7 heteroatoms. The van der Waals surface area contributed by atoms with E-state index in [4.69, 9.17) is 0 Å². The van der Waals surface area contributed by atoms with E-state index < -0.39 is 0 Å². The van der Waals surface area contributed by atoms with Gasteiger partial charge in [-0.3, -0.25) is 4.79 Å². The Bertz CT molecular complexity index is 596. The summed E-state index contributed by atoms with van der Waals surface area (Å²) in [5.41, 5.74) is 3.17. The molecule has 100 valence electrons. The molecule has 0 bridgehead atoms. The molecule has 0 radical (unpaired) electrons. The molecule has 1 N–H and O–H groups in total. The van der Waals surface area contributed by atoms with Gasteiger partial charge in [0.05, 0.1) is 5.75 Å². The Morgan fingerprint density at radius 2 is 2.16 bits per heavy atom. The second-order valence-corrected chi connectivity index (χ2v) is 5.16. The molecule has 0 saturated heterocycles. The normalized spacial score (nSPS) is 10.5. The number of hydrogen-bond acceptors (Lipinski definition) is 5. The van der Waals surface area contributed by atoms with Crippen LogP contribution in [0, 0.1) is 13.8 Å².